The van der Waals surface area contributed by atoms with Gasteiger partial charge in [-0.05, 0) is 17.7 Å². The number of methoxy groups -OCH3 is 2. The van der Waals surface area contributed by atoms with Crippen molar-refractivity contribution >= 4 is 11.3 Å². The fourth-order valence-corrected chi connectivity index (χ4v) is 2.12. The summed E-state index contributed by atoms with van der Waals surface area (Å²) in [6.07, 6.45) is -0.735. The fourth-order valence-electron chi connectivity index (χ4n) is 1.55. The van der Waals surface area contributed by atoms with Crippen molar-refractivity contribution in [2.45, 2.75) is 6.10 Å². The Kier molecular flexibility index (Phi) is 3.61. The van der Waals surface area contributed by atoms with Gasteiger partial charge in [-0.3, -0.25) is 0 Å². The number of hydrogen-bond donors (Lipinski definition) is 1. The van der Waals surface area contributed by atoms with Gasteiger partial charge in [0.2, 0.25) is 0 Å². The molecule has 1 atom stereocenters. The van der Waals surface area contributed by atoms with E-state index < -0.39 is 6.10 Å². The lowest BCUT2D eigenvalue weighted by atomic mass is 10.1. The van der Waals surface area contributed by atoms with Gasteiger partial charge in [0.25, 0.3) is 0 Å². The van der Waals surface area contributed by atoms with Gasteiger partial charge in [-0.25, -0.2) is 4.98 Å². The molecular weight excluding hydrogens is 238 g/mol. The number of aliphatic hydroxyl groups excluding tert-OH is 1. The van der Waals surface area contributed by atoms with Crippen LogP contribution in [-0.2, 0) is 0 Å². The molecule has 0 bridgehead atoms. The van der Waals surface area contributed by atoms with Crippen molar-refractivity contribution in [2.75, 3.05) is 14.2 Å². The minimum Gasteiger partial charge on any atom is -0.493 e. The van der Waals surface area contributed by atoms with Crippen LogP contribution in [0.5, 0.6) is 11.5 Å². The molecule has 1 heterocycles. The minimum absolute atomic E-state index is 0.597. The molecule has 90 valence electrons. The van der Waals surface area contributed by atoms with E-state index in [1.807, 2.05) is 5.38 Å². The standard InChI is InChI=1S/C12H13NO3S/c1-15-10-4-3-8(5-11(10)16-2)12(14)9-6-17-7-13-9/h3-7,12,14H,1-2H3. The van der Waals surface area contributed by atoms with E-state index in [9.17, 15) is 5.11 Å². The lowest BCUT2D eigenvalue weighted by Gasteiger charge is -2.12. The Bertz CT molecular complexity index is 485. The molecule has 17 heavy (non-hydrogen) atoms. The molecule has 0 aliphatic rings. The van der Waals surface area contributed by atoms with E-state index in [0.29, 0.717) is 17.2 Å². The summed E-state index contributed by atoms with van der Waals surface area (Å²) >= 11 is 1.45. The van der Waals surface area contributed by atoms with Gasteiger partial charge in [-0.1, -0.05) is 6.07 Å². The van der Waals surface area contributed by atoms with Gasteiger partial charge in [0.1, 0.15) is 6.10 Å². The number of aromatic nitrogens is 1. The highest BCUT2D eigenvalue weighted by Gasteiger charge is 2.14. The summed E-state index contributed by atoms with van der Waals surface area (Å²) in [5.74, 6) is 1.24. The summed E-state index contributed by atoms with van der Waals surface area (Å²) in [6, 6.07) is 5.32. The highest BCUT2D eigenvalue weighted by molar-refractivity contribution is 7.07. The summed E-state index contributed by atoms with van der Waals surface area (Å²) in [5.41, 5.74) is 3.06. The molecule has 2 aromatic rings. The second kappa shape index (κ2) is 5.16. The number of thiazole rings is 1. The molecule has 0 saturated heterocycles. The van der Waals surface area contributed by atoms with Crippen molar-refractivity contribution in [2.24, 2.45) is 0 Å². The zero-order valence-electron chi connectivity index (χ0n) is 9.58. The van der Waals surface area contributed by atoms with Crippen LogP contribution in [0, 0.1) is 0 Å². The molecule has 1 aromatic carbocycles. The first kappa shape index (κ1) is 11.9. The average molecular weight is 251 g/mol. The van der Waals surface area contributed by atoms with Gasteiger partial charge < -0.3 is 14.6 Å². The first-order valence-electron chi connectivity index (χ1n) is 5.04. The van der Waals surface area contributed by atoms with Crippen molar-refractivity contribution < 1.29 is 14.6 Å². The van der Waals surface area contributed by atoms with Gasteiger partial charge in [0.05, 0.1) is 25.4 Å². The summed E-state index contributed by atoms with van der Waals surface area (Å²) in [6.45, 7) is 0. The number of aliphatic hydroxyl groups is 1. The Balaban J connectivity index is 2.33. The Morgan fingerprint density at radius 3 is 2.59 bits per heavy atom. The van der Waals surface area contributed by atoms with Crippen molar-refractivity contribution in [1.82, 2.24) is 4.98 Å². The van der Waals surface area contributed by atoms with Gasteiger partial charge >= 0.3 is 0 Å². The van der Waals surface area contributed by atoms with Crippen LogP contribution >= 0.6 is 11.3 Å². The Morgan fingerprint density at radius 1 is 1.24 bits per heavy atom. The fraction of sp³-hybridized carbons (Fsp3) is 0.250. The highest BCUT2D eigenvalue weighted by Crippen LogP contribution is 2.31. The van der Waals surface area contributed by atoms with Crippen LogP contribution in [-0.4, -0.2) is 24.3 Å². The Hall–Kier alpha value is -1.59. The second-order valence-electron chi connectivity index (χ2n) is 3.43. The molecule has 5 heteroatoms. The normalized spacial score (nSPS) is 12.2. The van der Waals surface area contributed by atoms with Crippen LogP contribution < -0.4 is 9.47 Å². The molecule has 0 aliphatic carbocycles. The third-order valence-electron chi connectivity index (χ3n) is 2.45. The van der Waals surface area contributed by atoms with Crippen molar-refractivity contribution in [1.29, 1.82) is 0 Å². The number of rotatable bonds is 4. The van der Waals surface area contributed by atoms with Crippen LogP contribution in [0.3, 0.4) is 0 Å². The van der Waals surface area contributed by atoms with E-state index in [4.69, 9.17) is 9.47 Å². The van der Waals surface area contributed by atoms with Crippen LogP contribution in [0.2, 0.25) is 0 Å². The van der Waals surface area contributed by atoms with E-state index in [1.54, 1.807) is 37.9 Å². The zero-order chi connectivity index (χ0) is 12.3. The molecule has 0 amide bonds. The average Bonchev–Trinajstić information content (AvgIpc) is 2.90. The molecule has 0 saturated carbocycles. The molecule has 1 aromatic heterocycles. The number of nitrogens with zero attached hydrogens (tertiary/aromatic N) is 1. The van der Waals surface area contributed by atoms with Crippen LogP contribution in [0.25, 0.3) is 0 Å². The summed E-state index contributed by atoms with van der Waals surface area (Å²) in [4.78, 5) is 4.09. The molecule has 1 N–H and O–H groups in total. The van der Waals surface area contributed by atoms with Gasteiger partial charge in [-0.15, -0.1) is 11.3 Å². The van der Waals surface area contributed by atoms with Gasteiger partial charge in [-0.2, -0.15) is 0 Å². The number of benzene rings is 1. The van der Waals surface area contributed by atoms with Crippen molar-refractivity contribution in [3.63, 3.8) is 0 Å². The number of ether oxygens (including phenoxy) is 2. The molecule has 2 rings (SSSR count). The molecule has 0 spiro atoms. The largest absolute Gasteiger partial charge is 0.493 e. The molecular formula is C12H13NO3S. The van der Waals surface area contributed by atoms with E-state index in [1.165, 1.54) is 11.3 Å². The minimum atomic E-state index is -0.735. The molecule has 4 nitrogen and oxygen atoms in total. The molecule has 0 aliphatic heterocycles. The molecule has 0 fully saturated rings. The van der Waals surface area contributed by atoms with E-state index in [-0.39, 0.29) is 0 Å². The maximum atomic E-state index is 10.1. The van der Waals surface area contributed by atoms with E-state index in [2.05, 4.69) is 4.98 Å². The third kappa shape index (κ3) is 2.40. The lowest BCUT2D eigenvalue weighted by Crippen LogP contribution is -2.01. The molecule has 1 unspecified atom stereocenters. The first-order valence-corrected chi connectivity index (χ1v) is 5.98. The van der Waals surface area contributed by atoms with Crippen LogP contribution in [0.1, 0.15) is 17.4 Å². The first-order chi connectivity index (χ1) is 8.26. The summed E-state index contributed by atoms with van der Waals surface area (Å²) in [5, 5.41) is 11.9. The topological polar surface area (TPSA) is 51.6 Å². The Labute approximate surface area is 103 Å². The smallest absolute Gasteiger partial charge is 0.161 e. The Morgan fingerprint density at radius 2 is 2.00 bits per heavy atom. The number of hydrogen-bond acceptors (Lipinski definition) is 5. The molecule has 0 radical (unpaired) electrons. The van der Waals surface area contributed by atoms with E-state index >= 15 is 0 Å². The zero-order valence-corrected chi connectivity index (χ0v) is 10.4. The predicted molar refractivity (Wildman–Crippen MR) is 65.7 cm³/mol. The van der Waals surface area contributed by atoms with Crippen molar-refractivity contribution in [3.05, 3.63) is 40.3 Å². The monoisotopic (exact) mass is 251 g/mol. The lowest BCUT2D eigenvalue weighted by molar-refractivity contribution is 0.215. The predicted octanol–water partition coefficient (Wildman–Crippen LogP) is 2.24. The quantitative estimate of drug-likeness (QED) is 0.905. The van der Waals surface area contributed by atoms with Crippen LogP contribution in [0.4, 0.5) is 0 Å². The second-order valence-corrected chi connectivity index (χ2v) is 4.15. The van der Waals surface area contributed by atoms with Crippen LogP contribution in [0.15, 0.2) is 29.1 Å². The van der Waals surface area contributed by atoms with Crippen molar-refractivity contribution in [3.8, 4) is 11.5 Å². The summed E-state index contributed by atoms with van der Waals surface area (Å²) < 4.78 is 10.3. The summed E-state index contributed by atoms with van der Waals surface area (Å²) in [7, 11) is 3.14. The highest BCUT2D eigenvalue weighted by atomic mass is 32.1. The third-order valence-corrected chi connectivity index (χ3v) is 3.06. The van der Waals surface area contributed by atoms with E-state index in [0.717, 1.165) is 5.56 Å². The van der Waals surface area contributed by atoms with Gasteiger partial charge in [0, 0.05) is 5.38 Å². The van der Waals surface area contributed by atoms with Gasteiger partial charge in [0.15, 0.2) is 11.5 Å². The maximum Gasteiger partial charge on any atom is 0.161 e. The maximum absolute atomic E-state index is 10.1. The SMILES string of the molecule is COc1ccc(C(O)c2cscn2)cc1OC.